The molecule has 2 amide bonds. The number of hydrogen-bond acceptors (Lipinski definition) is 3. The fraction of sp³-hybridized carbons (Fsp3) is 0.350. The predicted molar refractivity (Wildman–Crippen MR) is 98.8 cm³/mol. The lowest BCUT2D eigenvalue weighted by Gasteiger charge is -2.18. The molecule has 2 aromatic rings. The highest BCUT2D eigenvalue weighted by Crippen LogP contribution is 2.16. The molecule has 1 aromatic heterocycles. The van der Waals surface area contributed by atoms with E-state index < -0.39 is 5.91 Å². The lowest BCUT2D eigenvalue weighted by molar-refractivity contribution is -0.128. The molecular weight excluding hydrogens is 349 g/mol. The highest BCUT2D eigenvalue weighted by molar-refractivity contribution is 5.96. The minimum Gasteiger partial charge on any atom is -0.347 e. The van der Waals surface area contributed by atoms with Crippen LogP contribution in [0.15, 0.2) is 35.1 Å². The average Bonchev–Trinajstić information content (AvgIpc) is 2.92. The number of aromatic nitrogens is 1. The normalized spacial score (nSPS) is 16.7. The Kier molecular flexibility index (Phi) is 5.12. The molecule has 0 aliphatic carbocycles. The molecule has 0 radical (unpaired) electrons. The lowest BCUT2D eigenvalue weighted by atomic mass is 10.1. The van der Waals surface area contributed by atoms with Crippen molar-refractivity contribution in [2.75, 3.05) is 6.54 Å². The van der Waals surface area contributed by atoms with Crippen molar-refractivity contribution in [2.45, 2.75) is 32.9 Å². The van der Waals surface area contributed by atoms with Gasteiger partial charge in [-0.25, -0.2) is 4.39 Å². The van der Waals surface area contributed by atoms with Gasteiger partial charge in [0.1, 0.15) is 11.4 Å². The molecule has 0 bridgehead atoms. The maximum Gasteiger partial charge on any atom is 0.263 e. The van der Waals surface area contributed by atoms with Crippen LogP contribution in [-0.2, 0) is 18.4 Å². The third kappa shape index (κ3) is 3.92. The number of aryl methyl sites for hydroxylation is 2. The van der Waals surface area contributed by atoms with Crippen molar-refractivity contribution in [1.29, 1.82) is 0 Å². The lowest BCUT2D eigenvalue weighted by Crippen LogP contribution is -2.41. The van der Waals surface area contributed by atoms with Gasteiger partial charge in [0.2, 0.25) is 5.91 Å². The summed E-state index contributed by atoms with van der Waals surface area (Å²) in [6.45, 7) is 4.13. The minimum absolute atomic E-state index is 0.0964. The molecule has 7 heteroatoms. The molecule has 1 N–H and O–H groups in total. The van der Waals surface area contributed by atoms with Crippen LogP contribution in [0.4, 0.5) is 4.39 Å². The molecule has 1 saturated heterocycles. The van der Waals surface area contributed by atoms with Crippen molar-refractivity contribution in [3.05, 3.63) is 68.9 Å². The molecule has 2 heterocycles. The Morgan fingerprint density at radius 3 is 2.70 bits per heavy atom. The summed E-state index contributed by atoms with van der Waals surface area (Å²) >= 11 is 0. The second-order valence-corrected chi connectivity index (χ2v) is 6.99. The number of nitrogens with one attached hydrogen (secondary N) is 1. The molecule has 1 aliphatic rings. The van der Waals surface area contributed by atoms with E-state index in [2.05, 4.69) is 5.32 Å². The van der Waals surface area contributed by atoms with Gasteiger partial charge >= 0.3 is 0 Å². The fourth-order valence-electron chi connectivity index (χ4n) is 3.39. The van der Waals surface area contributed by atoms with Crippen LogP contribution in [0.25, 0.3) is 0 Å². The molecule has 3 rings (SSSR count). The average molecular weight is 371 g/mol. The monoisotopic (exact) mass is 371 g/mol. The molecular formula is C20H22FN3O3. The summed E-state index contributed by atoms with van der Waals surface area (Å²) in [5.74, 6) is -0.939. The topological polar surface area (TPSA) is 71.4 Å². The molecule has 1 aliphatic heterocycles. The molecule has 1 atom stereocenters. The van der Waals surface area contributed by atoms with Gasteiger partial charge in [0, 0.05) is 32.3 Å². The minimum atomic E-state index is -0.474. The highest BCUT2D eigenvalue weighted by atomic mass is 19.1. The number of benzene rings is 1. The Morgan fingerprint density at radius 1 is 1.26 bits per heavy atom. The maximum atomic E-state index is 13.3. The zero-order valence-electron chi connectivity index (χ0n) is 15.6. The first-order valence-electron chi connectivity index (χ1n) is 8.76. The number of carbonyl (C=O) groups excluding carboxylic acids is 2. The number of carbonyl (C=O) groups is 2. The van der Waals surface area contributed by atoms with Crippen LogP contribution in [0.5, 0.6) is 0 Å². The summed E-state index contributed by atoms with van der Waals surface area (Å²) in [6.07, 6.45) is 0.159. The summed E-state index contributed by atoms with van der Waals surface area (Å²) in [5.41, 5.74) is 1.81. The van der Waals surface area contributed by atoms with Gasteiger partial charge in [-0.3, -0.25) is 14.4 Å². The second kappa shape index (κ2) is 7.34. The first kappa shape index (κ1) is 18.8. The number of hydrogen-bond donors (Lipinski definition) is 1. The van der Waals surface area contributed by atoms with Crippen LogP contribution in [0, 0.1) is 19.7 Å². The van der Waals surface area contributed by atoms with Crippen molar-refractivity contribution < 1.29 is 14.0 Å². The Morgan fingerprint density at radius 2 is 2.00 bits per heavy atom. The third-order valence-electron chi connectivity index (χ3n) is 4.91. The van der Waals surface area contributed by atoms with Gasteiger partial charge in [-0.2, -0.15) is 0 Å². The van der Waals surface area contributed by atoms with Crippen molar-refractivity contribution in [3.8, 4) is 0 Å². The van der Waals surface area contributed by atoms with Gasteiger partial charge in [-0.1, -0.05) is 12.1 Å². The number of pyridine rings is 1. The zero-order valence-corrected chi connectivity index (χ0v) is 15.6. The van der Waals surface area contributed by atoms with Gasteiger partial charge in [-0.15, -0.1) is 0 Å². The number of halogens is 1. The fourth-order valence-corrected chi connectivity index (χ4v) is 3.39. The molecule has 1 unspecified atom stereocenters. The number of likely N-dealkylation sites (tertiary alicyclic amines) is 1. The Bertz CT molecular complexity index is 967. The molecule has 0 saturated carbocycles. The van der Waals surface area contributed by atoms with Gasteiger partial charge < -0.3 is 14.8 Å². The second-order valence-electron chi connectivity index (χ2n) is 6.99. The number of rotatable bonds is 4. The Hall–Kier alpha value is -2.96. The van der Waals surface area contributed by atoms with Crippen LogP contribution >= 0.6 is 0 Å². The van der Waals surface area contributed by atoms with E-state index in [1.54, 1.807) is 44.0 Å². The summed E-state index contributed by atoms with van der Waals surface area (Å²) in [4.78, 5) is 38.9. The first-order valence-corrected chi connectivity index (χ1v) is 8.76. The van der Waals surface area contributed by atoms with Gasteiger partial charge in [0.05, 0.1) is 6.04 Å². The van der Waals surface area contributed by atoms with Crippen LogP contribution < -0.4 is 10.9 Å². The Balaban J connectivity index is 1.71. The van der Waals surface area contributed by atoms with Crippen LogP contribution in [0.1, 0.15) is 33.6 Å². The Labute approximate surface area is 156 Å². The highest BCUT2D eigenvalue weighted by Gasteiger charge is 2.31. The predicted octanol–water partition coefficient (Wildman–Crippen LogP) is 1.67. The van der Waals surface area contributed by atoms with E-state index in [4.69, 9.17) is 0 Å². The largest absolute Gasteiger partial charge is 0.347 e. The number of amides is 2. The maximum absolute atomic E-state index is 13.3. The first-order chi connectivity index (χ1) is 12.8. The van der Waals surface area contributed by atoms with Crippen LogP contribution in [0.2, 0.25) is 0 Å². The van der Waals surface area contributed by atoms with E-state index in [1.807, 2.05) is 0 Å². The van der Waals surface area contributed by atoms with Crippen molar-refractivity contribution >= 4 is 11.8 Å². The molecule has 1 aromatic carbocycles. The third-order valence-corrected chi connectivity index (χ3v) is 4.91. The summed E-state index contributed by atoms with van der Waals surface area (Å²) in [7, 11) is 1.62. The van der Waals surface area contributed by atoms with Gasteiger partial charge in [-0.05, 0) is 43.2 Å². The molecule has 142 valence electrons. The van der Waals surface area contributed by atoms with E-state index in [1.165, 1.54) is 16.7 Å². The smallest absolute Gasteiger partial charge is 0.263 e. The van der Waals surface area contributed by atoms with Gasteiger partial charge in [0.15, 0.2) is 0 Å². The SMILES string of the molecule is Cc1cc(C)n(C)c(=O)c1C(=O)NC1CC(=O)N(Cc2cccc(F)c2)C1. The summed E-state index contributed by atoms with van der Waals surface area (Å²) in [5, 5.41) is 2.79. The van der Waals surface area contributed by atoms with Crippen LogP contribution in [-0.4, -0.2) is 33.9 Å². The summed E-state index contributed by atoms with van der Waals surface area (Å²) in [6, 6.07) is 7.49. The molecule has 0 spiro atoms. The van der Waals surface area contributed by atoms with E-state index in [9.17, 15) is 18.8 Å². The zero-order chi connectivity index (χ0) is 19.7. The standard InChI is InChI=1S/C20H22FN3O3/c1-12-7-13(2)23(3)20(27)18(12)19(26)22-16-9-17(25)24(11-16)10-14-5-4-6-15(21)8-14/h4-8,16H,9-11H2,1-3H3,(H,22,26). The van der Waals surface area contributed by atoms with Crippen molar-refractivity contribution in [3.63, 3.8) is 0 Å². The summed E-state index contributed by atoms with van der Waals surface area (Å²) < 4.78 is 14.7. The quantitative estimate of drug-likeness (QED) is 0.889. The van der Waals surface area contributed by atoms with E-state index in [0.29, 0.717) is 17.7 Å². The van der Waals surface area contributed by atoms with Gasteiger partial charge in [0.25, 0.3) is 11.5 Å². The van der Waals surface area contributed by atoms with E-state index in [0.717, 1.165) is 5.69 Å². The van der Waals surface area contributed by atoms with Crippen molar-refractivity contribution in [1.82, 2.24) is 14.8 Å². The van der Waals surface area contributed by atoms with Crippen molar-refractivity contribution in [2.24, 2.45) is 7.05 Å². The molecule has 1 fully saturated rings. The molecule has 27 heavy (non-hydrogen) atoms. The van der Waals surface area contributed by atoms with E-state index in [-0.39, 0.29) is 41.9 Å². The number of nitrogens with zero attached hydrogens (tertiary/aromatic N) is 2. The molecule has 6 nitrogen and oxygen atoms in total. The van der Waals surface area contributed by atoms with Crippen LogP contribution in [0.3, 0.4) is 0 Å². The van der Waals surface area contributed by atoms with E-state index >= 15 is 0 Å².